The first kappa shape index (κ1) is 18.6. The molecule has 0 unspecified atom stereocenters. The number of carbonyl (C=O) groups is 3. The number of rotatable bonds is 3. The zero-order valence-corrected chi connectivity index (χ0v) is 17.1. The van der Waals surface area contributed by atoms with Crippen LogP contribution in [0.2, 0.25) is 0 Å². The third-order valence-corrected chi connectivity index (χ3v) is 6.56. The fourth-order valence-electron chi connectivity index (χ4n) is 5.02. The minimum atomic E-state index is -0.455. The molecule has 1 N–H and O–H groups in total. The van der Waals surface area contributed by atoms with Crippen LogP contribution < -0.4 is 0 Å². The first-order chi connectivity index (χ1) is 14.4. The van der Waals surface area contributed by atoms with E-state index >= 15 is 0 Å². The Hall–Kier alpha value is -3.41. The number of methoxy groups -OCH3 is 1. The van der Waals surface area contributed by atoms with Gasteiger partial charge in [-0.3, -0.25) is 9.59 Å². The lowest BCUT2D eigenvalue weighted by Gasteiger charge is -2.27. The summed E-state index contributed by atoms with van der Waals surface area (Å²) in [6, 6.07) is 7.92. The van der Waals surface area contributed by atoms with Gasteiger partial charge in [-0.25, -0.2) is 4.79 Å². The normalized spacial score (nSPS) is 23.7. The van der Waals surface area contributed by atoms with Gasteiger partial charge in [-0.1, -0.05) is 29.8 Å². The number of allylic oxidation sites excluding steroid dienone is 2. The molecule has 152 valence electrons. The summed E-state index contributed by atoms with van der Waals surface area (Å²) in [6.07, 6.45) is 5.72. The molecule has 1 aromatic carbocycles. The zero-order valence-electron chi connectivity index (χ0n) is 17.1. The van der Waals surface area contributed by atoms with E-state index < -0.39 is 11.4 Å². The van der Waals surface area contributed by atoms with E-state index in [1.165, 1.54) is 7.11 Å². The molecule has 30 heavy (non-hydrogen) atoms. The smallest absolute Gasteiger partial charge is 0.340 e. The average Bonchev–Trinajstić information content (AvgIpc) is 3.18. The van der Waals surface area contributed by atoms with E-state index in [9.17, 15) is 14.4 Å². The van der Waals surface area contributed by atoms with E-state index in [-0.39, 0.29) is 17.6 Å². The lowest BCUT2D eigenvalue weighted by molar-refractivity contribution is -0.123. The second-order valence-electron chi connectivity index (χ2n) is 8.33. The van der Waals surface area contributed by atoms with E-state index in [2.05, 4.69) is 4.98 Å². The maximum Gasteiger partial charge on any atom is 0.340 e. The number of hydrogen-bond acceptors (Lipinski definition) is 4. The Kier molecular flexibility index (Phi) is 3.90. The first-order valence-corrected chi connectivity index (χ1v) is 10.0. The number of ketones is 1. The highest BCUT2D eigenvalue weighted by atomic mass is 16.5. The summed E-state index contributed by atoms with van der Waals surface area (Å²) in [6.45, 7) is 4.33. The summed E-state index contributed by atoms with van der Waals surface area (Å²) in [5.74, 6) is -0.623. The molecule has 2 fully saturated rings. The number of esters is 1. The lowest BCUT2D eigenvalue weighted by atomic mass is 9.82. The molecule has 5 rings (SSSR count). The van der Waals surface area contributed by atoms with Crippen molar-refractivity contribution in [3.8, 4) is 0 Å². The molecule has 1 amide bonds. The molecule has 0 bridgehead atoms. The fourth-order valence-corrected chi connectivity index (χ4v) is 5.02. The number of amides is 1. The molecule has 1 spiro atoms. The molecule has 6 nitrogen and oxygen atoms in total. The van der Waals surface area contributed by atoms with E-state index in [1.807, 2.05) is 31.2 Å². The van der Waals surface area contributed by atoms with Crippen molar-refractivity contribution in [3.05, 3.63) is 75.8 Å². The molecule has 2 aliphatic carbocycles. The number of likely N-dealkylation sites (tertiary alicyclic amines) is 1. The molecule has 1 aliphatic heterocycles. The topological polar surface area (TPSA) is 79.5 Å². The average molecular weight is 402 g/mol. The molecule has 2 atom stereocenters. The number of benzene rings is 1. The summed E-state index contributed by atoms with van der Waals surface area (Å²) >= 11 is 0. The molecule has 0 radical (unpaired) electrons. The van der Waals surface area contributed by atoms with E-state index in [4.69, 9.17) is 4.74 Å². The Morgan fingerprint density at radius 1 is 1.23 bits per heavy atom. The number of aromatic amines is 1. The number of nitrogens with zero attached hydrogens (tertiary/aromatic N) is 1. The van der Waals surface area contributed by atoms with Crippen molar-refractivity contribution in [2.45, 2.75) is 25.7 Å². The number of H-pyrrole nitrogens is 1. The summed E-state index contributed by atoms with van der Waals surface area (Å²) in [4.78, 5) is 43.0. The molecule has 2 heterocycles. The van der Waals surface area contributed by atoms with Gasteiger partial charge >= 0.3 is 5.97 Å². The van der Waals surface area contributed by atoms with Crippen molar-refractivity contribution in [1.29, 1.82) is 0 Å². The maximum atomic E-state index is 13.0. The number of piperidine rings is 1. The van der Waals surface area contributed by atoms with E-state index in [0.717, 1.165) is 17.5 Å². The zero-order chi connectivity index (χ0) is 21.2. The second kappa shape index (κ2) is 6.29. The van der Waals surface area contributed by atoms with Crippen LogP contribution in [-0.2, 0) is 14.9 Å². The second-order valence-corrected chi connectivity index (χ2v) is 8.33. The quantitative estimate of drug-likeness (QED) is 0.631. The van der Waals surface area contributed by atoms with Crippen LogP contribution in [0.1, 0.15) is 49.7 Å². The fraction of sp³-hybridized carbons (Fsp3) is 0.292. The molecular formula is C24H22N2O4. The highest BCUT2D eigenvalue weighted by molar-refractivity contribution is 6.11. The molecule has 1 saturated heterocycles. The summed E-state index contributed by atoms with van der Waals surface area (Å²) in [7, 11) is 1.34. The minimum Gasteiger partial charge on any atom is -0.465 e. The van der Waals surface area contributed by atoms with Gasteiger partial charge in [0.2, 0.25) is 5.78 Å². The Morgan fingerprint density at radius 2 is 1.97 bits per heavy atom. The third-order valence-electron chi connectivity index (χ3n) is 6.56. The van der Waals surface area contributed by atoms with Crippen molar-refractivity contribution in [2.24, 2.45) is 5.92 Å². The summed E-state index contributed by atoms with van der Waals surface area (Å²) < 4.78 is 4.98. The predicted octanol–water partition coefficient (Wildman–Crippen LogP) is 3.31. The maximum absolute atomic E-state index is 13.0. The lowest BCUT2D eigenvalue weighted by Crippen LogP contribution is -2.33. The highest BCUT2D eigenvalue weighted by Crippen LogP contribution is 2.67. The van der Waals surface area contributed by atoms with Crippen LogP contribution in [0.5, 0.6) is 0 Å². The van der Waals surface area contributed by atoms with Crippen molar-refractivity contribution in [3.63, 3.8) is 0 Å². The monoisotopic (exact) mass is 402 g/mol. The number of hydrogen-bond donors (Lipinski definition) is 1. The van der Waals surface area contributed by atoms with Crippen LogP contribution in [0.4, 0.5) is 0 Å². The Labute approximate surface area is 174 Å². The van der Waals surface area contributed by atoms with E-state index in [0.29, 0.717) is 34.8 Å². The summed E-state index contributed by atoms with van der Waals surface area (Å²) in [5.41, 5.74) is 4.55. The molecule has 1 saturated carbocycles. The van der Waals surface area contributed by atoms with Crippen LogP contribution >= 0.6 is 0 Å². The highest BCUT2D eigenvalue weighted by Gasteiger charge is 2.68. The van der Waals surface area contributed by atoms with Crippen LogP contribution in [0.25, 0.3) is 6.08 Å². The van der Waals surface area contributed by atoms with E-state index in [1.54, 1.807) is 30.1 Å². The largest absolute Gasteiger partial charge is 0.465 e. The number of ether oxygens (including phenoxy) is 1. The van der Waals surface area contributed by atoms with Crippen LogP contribution in [0.15, 0.2) is 42.1 Å². The third kappa shape index (κ3) is 2.46. The van der Waals surface area contributed by atoms with Gasteiger partial charge in [0.05, 0.1) is 18.4 Å². The molecule has 1 aromatic heterocycles. The van der Waals surface area contributed by atoms with Gasteiger partial charge in [0.25, 0.3) is 5.91 Å². The van der Waals surface area contributed by atoms with Gasteiger partial charge in [-0.2, -0.15) is 0 Å². The van der Waals surface area contributed by atoms with Gasteiger partial charge in [0, 0.05) is 41.1 Å². The molecule has 6 heteroatoms. The van der Waals surface area contributed by atoms with Crippen molar-refractivity contribution in [2.75, 3.05) is 13.7 Å². The van der Waals surface area contributed by atoms with Crippen molar-refractivity contribution in [1.82, 2.24) is 9.88 Å². The van der Waals surface area contributed by atoms with Crippen LogP contribution in [-0.4, -0.2) is 41.2 Å². The number of carbonyl (C=O) groups excluding carboxylic acids is 3. The standard InChI is InChI=1S/C24H22N2O4/c1-13-4-6-15(7-5-13)8-9-19(28)26-12-16-11-24(16)18(26)10-17(27)22-21(24)20(14(2)25-22)23(29)30-3/h4-10,16,25H,11-12H2,1-3H3/b9-8+/t16-,24+/m1/s1. The number of aromatic nitrogens is 1. The van der Waals surface area contributed by atoms with Gasteiger partial charge in [-0.05, 0) is 37.8 Å². The first-order valence-electron chi connectivity index (χ1n) is 10.0. The number of nitrogens with one attached hydrogen (secondary N) is 1. The minimum absolute atomic E-state index is 0.156. The molecule has 3 aliphatic rings. The summed E-state index contributed by atoms with van der Waals surface area (Å²) in [5, 5.41) is 0. The Bertz CT molecular complexity index is 1170. The van der Waals surface area contributed by atoms with Gasteiger partial charge in [-0.15, -0.1) is 0 Å². The number of fused-ring (bicyclic) bond motifs is 1. The van der Waals surface area contributed by atoms with Gasteiger partial charge < -0.3 is 14.6 Å². The van der Waals surface area contributed by atoms with Crippen molar-refractivity contribution >= 4 is 23.7 Å². The molecule has 2 aromatic rings. The van der Waals surface area contributed by atoms with Gasteiger partial charge in [0.15, 0.2) is 0 Å². The molecular weight excluding hydrogens is 380 g/mol. The number of aryl methyl sites for hydroxylation is 2. The predicted molar refractivity (Wildman–Crippen MR) is 111 cm³/mol. The Morgan fingerprint density at radius 3 is 2.67 bits per heavy atom. The SMILES string of the molecule is COC(=O)c1c(C)[nH]c2c1[C@@]13C[C@@H]1CN(C(=O)/C=C/c1ccc(C)cc1)C3=CC2=O. The van der Waals surface area contributed by atoms with Crippen LogP contribution in [0, 0.1) is 19.8 Å². The van der Waals surface area contributed by atoms with Crippen LogP contribution in [0.3, 0.4) is 0 Å². The van der Waals surface area contributed by atoms with Gasteiger partial charge in [0.1, 0.15) is 0 Å². The van der Waals surface area contributed by atoms with Crippen molar-refractivity contribution < 1.29 is 19.1 Å². The Balaban J connectivity index is 1.50.